The summed E-state index contributed by atoms with van der Waals surface area (Å²) < 4.78 is 1.54. The second-order valence-electron chi connectivity index (χ2n) is 6.39. The number of piperidine rings is 1. The maximum atomic E-state index is 12.6. The van der Waals surface area contributed by atoms with E-state index in [1.165, 1.54) is 10.6 Å². The van der Waals surface area contributed by atoms with Gasteiger partial charge in [-0.25, -0.2) is 4.79 Å². The van der Waals surface area contributed by atoms with Gasteiger partial charge in [0.25, 0.3) is 5.56 Å². The molecule has 7 heteroatoms. The van der Waals surface area contributed by atoms with Gasteiger partial charge in [-0.2, -0.15) is 5.26 Å². The molecule has 2 aromatic rings. The van der Waals surface area contributed by atoms with Gasteiger partial charge in [0.2, 0.25) is 0 Å². The zero-order chi connectivity index (χ0) is 18.0. The molecule has 1 fully saturated rings. The van der Waals surface area contributed by atoms with E-state index in [-0.39, 0.29) is 6.04 Å². The van der Waals surface area contributed by atoms with E-state index in [4.69, 9.17) is 5.73 Å². The van der Waals surface area contributed by atoms with Crippen molar-refractivity contribution in [2.24, 2.45) is 5.73 Å². The first kappa shape index (κ1) is 17.0. The SMILES string of the molecule is CC(c1ccccc1C#N)n1c(N2CCC[C@@H](N)C2)cc(=O)[nH]c1=O. The van der Waals surface area contributed by atoms with E-state index in [2.05, 4.69) is 11.1 Å². The van der Waals surface area contributed by atoms with Gasteiger partial charge in [-0.15, -0.1) is 0 Å². The molecule has 0 saturated carbocycles. The minimum Gasteiger partial charge on any atom is -0.356 e. The number of aromatic nitrogens is 2. The van der Waals surface area contributed by atoms with Crippen LogP contribution < -0.4 is 21.9 Å². The van der Waals surface area contributed by atoms with E-state index in [0.717, 1.165) is 24.9 Å². The number of anilines is 1. The number of nitrogens with zero attached hydrogens (tertiary/aromatic N) is 3. The van der Waals surface area contributed by atoms with Crippen LogP contribution in [-0.2, 0) is 0 Å². The van der Waals surface area contributed by atoms with E-state index in [1.54, 1.807) is 12.1 Å². The predicted octanol–water partition coefficient (Wildman–Crippen LogP) is 0.945. The molecule has 2 heterocycles. The third kappa shape index (κ3) is 3.35. The Kier molecular flexibility index (Phi) is 4.72. The number of nitriles is 1. The number of H-pyrrole nitrogens is 1. The minimum absolute atomic E-state index is 0.0123. The number of aromatic amines is 1. The molecular formula is C18H21N5O2. The van der Waals surface area contributed by atoms with Crippen molar-refractivity contribution in [3.05, 3.63) is 62.3 Å². The van der Waals surface area contributed by atoms with Crippen LogP contribution in [0.15, 0.2) is 39.9 Å². The molecule has 130 valence electrons. The molecule has 3 rings (SSSR count). The summed E-state index contributed by atoms with van der Waals surface area (Å²) in [5.41, 5.74) is 6.39. The molecule has 2 atom stereocenters. The van der Waals surface area contributed by atoms with Gasteiger partial charge in [0.1, 0.15) is 5.82 Å². The van der Waals surface area contributed by atoms with Crippen molar-refractivity contribution in [3.63, 3.8) is 0 Å². The number of benzene rings is 1. The van der Waals surface area contributed by atoms with Gasteiger partial charge in [0.05, 0.1) is 17.7 Å². The fourth-order valence-corrected chi connectivity index (χ4v) is 3.43. The number of rotatable bonds is 3. The molecule has 3 N–H and O–H groups in total. The Labute approximate surface area is 145 Å². The van der Waals surface area contributed by atoms with Crippen LogP contribution in [0.25, 0.3) is 0 Å². The molecule has 1 aliphatic heterocycles. The number of nitrogens with two attached hydrogens (primary N) is 1. The number of hydrogen-bond acceptors (Lipinski definition) is 5. The Balaban J connectivity index is 2.14. The maximum Gasteiger partial charge on any atom is 0.330 e. The van der Waals surface area contributed by atoms with Gasteiger partial charge in [-0.1, -0.05) is 18.2 Å². The van der Waals surface area contributed by atoms with Crippen LogP contribution in [0.5, 0.6) is 0 Å². The summed E-state index contributed by atoms with van der Waals surface area (Å²) in [5, 5.41) is 9.36. The summed E-state index contributed by atoms with van der Waals surface area (Å²) in [5.74, 6) is 0.546. The van der Waals surface area contributed by atoms with Crippen molar-refractivity contribution < 1.29 is 0 Å². The van der Waals surface area contributed by atoms with Crippen LogP contribution in [0.3, 0.4) is 0 Å². The van der Waals surface area contributed by atoms with Crippen LogP contribution >= 0.6 is 0 Å². The Morgan fingerprint density at radius 2 is 2.12 bits per heavy atom. The fourth-order valence-electron chi connectivity index (χ4n) is 3.43. The van der Waals surface area contributed by atoms with Gasteiger partial charge < -0.3 is 10.6 Å². The molecule has 0 radical (unpaired) electrons. The lowest BCUT2D eigenvalue weighted by molar-refractivity contribution is 0.485. The lowest BCUT2D eigenvalue weighted by atomic mass is 10.0. The first-order valence-electron chi connectivity index (χ1n) is 8.36. The first-order valence-corrected chi connectivity index (χ1v) is 8.36. The summed E-state index contributed by atoms with van der Waals surface area (Å²) >= 11 is 0. The van der Waals surface area contributed by atoms with Crippen molar-refractivity contribution in [3.8, 4) is 6.07 Å². The standard InChI is InChI=1S/C18H21N5O2/c1-12(15-7-3-2-5-13(15)10-19)23-17(9-16(24)21-18(23)25)22-8-4-6-14(20)11-22/h2-3,5,7,9,12,14H,4,6,8,11,20H2,1H3,(H,21,24,25)/t12?,14-/m1/s1. The lowest BCUT2D eigenvalue weighted by Crippen LogP contribution is -2.46. The Morgan fingerprint density at radius 1 is 1.36 bits per heavy atom. The van der Waals surface area contributed by atoms with Crippen LogP contribution in [0, 0.1) is 11.3 Å². The molecular weight excluding hydrogens is 318 g/mol. The highest BCUT2D eigenvalue weighted by Crippen LogP contribution is 2.25. The molecule has 1 saturated heterocycles. The second kappa shape index (κ2) is 6.95. The van der Waals surface area contributed by atoms with E-state index in [9.17, 15) is 14.9 Å². The van der Waals surface area contributed by atoms with Gasteiger partial charge in [-0.3, -0.25) is 14.3 Å². The van der Waals surface area contributed by atoms with E-state index < -0.39 is 17.3 Å². The molecule has 7 nitrogen and oxygen atoms in total. The summed E-state index contributed by atoms with van der Waals surface area (Å²) in [6, 6.07) is 10.4. The summed E-state index contributed by atoms with van der Waals surface area (Å²) in [4.78, 5) is 28.8. The van der Waals surface area contributed by atoms with Crippen LogP contribution in [-0.4, -0.2) is 28.7 Å². The van der Waals surface area contributed by atoms with Crippen LogP contribution in [0.2, 0.25) is 0 Å². The molecule has 25 heavy (non-hydrogen) atoms. The molecule has 0 aliphatic carbocycles. The topological polar surface area (TPSA) is 108 Å². The lowest BCUT2D eigenvalue weighted by Gasteiger charge is -2.35. The summed E-state index contributed by atoms with van der Waals surface area (Å²) in [7, 11) is 0. The maximum absolute atomic E-state index is 12.6. The molecule has 1 aromatic heterocycles. The monoisotopic (exact) mass is 339 g/mol. The minimum atomic E-state index is -0.484. The second-order valence-corrected chi connectivity index (χ2v) is 6.39. The molecule has 0 bridgehead atoms. The smallest absolute Gasteiger partial charge is 0.330 e. The largest absolute Gasteiger partial charge is 0.356 e. The summed E-state index contributed by atoms with van der Waals surface area (Å²) in [6.45, 7) is 3.18. The normalized spacial score (nSPS) is 18.6. The highest BCUT2D eigenvalue weighted by atomic mass is 16.2. The average Bonchev–Trinajstić information content (AvgIpc) is 2.60. The Bertz CT molecular complexity index is 924. The third-order valence-corrected chi connectivity index (χ3v) is 4.66. The quantitative estimate of drug-likeness (QED) is 0.865. The van der Waals surface area contributed by atoms with Gasteiger partial charge >= 0.3 is 5.69 Å². The molecule has 0 amide bonds. The van der Waals surface area contributed by atoms with Gasteiger partial charge in [0.15, 0.2) is 0 Å². The van der Waals surface area contributed by atoms with Crippen molar-refractivity contribution in [1.82, 2.24) is 9.55 Å². The van der Waals surface area contributed by atoms with Gasteiger partial charge in [0, 0.05) is 25.2 Å². The average molecular weight is 339 g/mol. The van der Waals surface area contributed by atoms with E-state index in [0.29, 0.717) is 17.9 Å². The summed E-state index contributed by atoms with van der Waals surface area (Å²) in [6.07, 6.45) is 1.84. The number of nitrogens with one attached hydrogen (secondary N) is 1. The predicted molar refractivity (Wildman–Crippen MR) is 95.7 cm³/mol. The highest BCUT2D eigenvalue weighted by molar-refractivity contribution is 5.44. The highest BCUT2D eigenvalue weighted by Gasteiger charge is 2.24. The Hall–Kier alpha value is -2.85. The fraction of sp³-hybridized carbons (Fsp3) is 0.389. The van der Waals surface area contributed by atoms with E-state index >= 15 is 0 Å². The molecule has 0 spiro atoms. The molecule has 1 aromatic carbocycles. The van der Waals surface area contributed by atoms with Crippen LogP contribution in [0.1, 0.15) is 36.9 Å². The molecule has 1 aliphatic rings. The van der Waals surface area contributed by atoms with Gasteiger partial charge in [-0.05, 0) is 31.4 Å². The molecule has 1 unspecified atom stereocenters. The third-order valence-electron chi connectivity index (χ3n) is 4.66. The van der Waals surface area contributed by atoms with Crippen molar-refractivity contribution >= 4 is 5.82 Å². The van der Waals surface area contributed by atoms with Crippen LogP contribution in [0.4, 0.5) is 5.82 Å². The zero-order valence-corrected chi connectivity index (χ0v) is 14.1. The Morgan fingerprint density at radius 3 is 2.84 bits per heavy atom. The van der Waals surface area contributed by atoms with E-state index in [1.807, 2.05) is 24.0 Å². The first-order chi connectivity index (χ1) is 12.0. The van der Waals surface area contributed by atoms with Crippen molar-refractivity contribution in [2.75, 3.05) is 18.0 Å². The van der Waals surface area contributed by atoms with Crippen molar-refractivity contribution in [1.29, 1.82) is 5.26 Å². The zero-order valence-electron chi connectivity index (χ0n) is 14.1. The van der Waals surface area contributed by atoms with Crippen molar-refractivity contribution in [2.45, 2.75) is 31.8 Å². The number of hydrogen-bond donors (Lipinski definition) is 2.